The highest BCUT2D eigenvalue weighted by Crippen LogP contribution is 2.25. The molecule has 7 heteroatoms. The second-order valence-electron chi connectivity index (χ2n) is 5.14. The standard InChI is InChI=1S/C14H20BrNO4S/c1-2-13-11(5-6-20-13)8-16-21(18,19)14-4-3-10(9-17)7-12(14)15/h3-4,7,11,13,16-17H,2,5-6,8-9H2,1H3. The fourth-order valence-electron chi connectivity index (χ4n) is 2.53. The summed E-state index contributed by atoms with van der Waals surface area (Å²) >= 11 is 3.25. The van der Waals surface area contributed by atoms with E-state index in [0.717, 1.165) is 12.8 Å². The van der Waals surface area contributed by atoms with Crippen molar-refractivity contribution in [2.24, 2.45) is 5.92 Å². The van der Waals surface area contributed by atoms with Gasteiger partial charge in [0, 0.05) is 23.5 Å². The van der Waals surface area contributed by atoms with Gasteiger partial charge in [0.2, 0.25) is 10.0 Å². The average Bonchev–Trinajstić information content (AvgIpc) is 2.92. The predicted octanol–water partition coefficient (Wildman–Crippen LogP) is 2.03. The quantitative estimate of drug-likeness (QED) is 0.795. The molecule has 118 valence electrons. The zero-order valence-corrected chi connectivity index (χ0v) is 14.3. The number of hydrogen-bond donors (Lipinski definition) is 2. The Kier molecular flexibility index (Phi) is 5.79. The van der Waals surface area contributed by atoms with Crippen molar-refractivity contribution in [3.63, 3.8) is 0 Å². The first-order valence-corrected chi connectivity index (χ1v) is 9.26. The van der Waals surface area contributed by atoms with Gasteiger partial charge in [-0.2, -0.15) is 0 Å². The minimum absolute atomic E-state index is 0.121. The van der Waals surface area contributed by atoms with Gasteiger partial charge >= 0.3 is 0 Å². The van der Waals surface area contributed by atoms with Crippen molar-refractivity contribution in [3.8, 4) is 0 Å². The summed E-state index contributed by atoms with van der Waals surface area (Å²) in [6.07, 6.45) is 1.90. The molecule has 1 fully saturated rings. The van der Waals surface area contributed by atoms with Crippen LogP contribution in [-0.4, -0.2) is 32.8 Å². The van der Waals surface area contributed by atoms with Crippen molar-refractivity contribution < 1.29 is 18.3 Å². The van der Waals surface area contributed by atoms with Crippen LogP contribution in [0.3, 0.4) is 0 Å². The molecular weight excluding hydrogens is 358 g/mol. The first-order chi connectivity index (χ1) is 9.97. The third-order valence-electron chi connectivity index (χ3n) is 3.75. The molecule has 0 radical (unpaired) electrons. The van der Waals surface area contributed by atoms with Gasteiger partial charge in [-0.05, 0) is 46.5 Å². The summed E-state index contributed by atoms with van der Waals surface area (Å²) < 4.78 is 33.4. The number of hydrogen-bond acceptors (Lipinski definition) is 4. The third-order valence-corrected chi connectivity index (χ3v) is 6.15. The Morgan fingerprint density at radius 2 is 2.24 bits per heavy atom. The zero-order valence-electron chi connectivity index (χ0n) is 11.9. The van der Waals surface area contributed by atoms with E-state index in [0.29, 0.717) is 23.2 Å². The van der Waals surface area contributed by atoms with Crippen LogP contribution in [0, 0.1) is 5.92 Å². The van der Waals surface area contributed by atoms with E-state index in [9.17, 15) is 8.42 Å². The van der Waals surface area contributed by atoms with Gasteiger partial charge in [0.1, 0.15) is 0 Å². The number of sulfonamides is 1. The molecule has 2 unspecified atom stereocenters. The normalized spacial score (nSPS) is 22.6. The summed E-state index contributed by atoms with van der Waals surface area (Å²) in [5.41, 5.74) is 0.663. The van der Waals surface area contributed by atoms with Crippen molar-refractivity contribution >= 4 is 26.0 Å². The largest absolute Gasteiger partial charge is 0.392 e. The number of aliphatic hydroxyl groups excluding tert-OH is 1. The number of aliphatic hydroxyl groups is 1. The highest BCUT2D eigenvalue weighted by atomic mass is 79.9. The molecule has 21 heavy (non-hydrogen) atoms. The summed E-state index contributed by atoms with van der Waals surface area (Å²) in [5, 5.41) is 9.06. The van der Waals surface area contributed by atoms with Crippen molar-refractivity contribution in [3.05, 3.63) is 28.2 Å². The molecule has 0 amide bonds. The Morgan fingerprint density at radius 1 is 1.48 bits per heavy atom. The van der Waals surface area contributed by atoms with Crippen molar-refractivity contribution in [2.75, 3.05) is 13.2 Å². The zero-order chi connectivity index (χ0) is 15.5. The molecule has 0 spiro atoms. The van der Waals surface area contributed by atoms with E-state index >= 15 is 0 Å². The summed E-state index contributed by atoms with van der Waals surface area (Å²) in [6, 6.07) is 4.72. The number of ether oxygens (including phenoxy) is 1. The molecular formula is C14H20BrNO4S. The molecule has 1 heterocycles. The highest BCUT2D eigenvalue weighted by Gasteiger charge is 2.28. The third kappa shape index (κ3) is 4.04. The molecule has 2 rings (SSSR count). The average molecular weight is 378 g/mol. The molecule has 2 atom stereocenters. The van der Waals surface area contributed by atoms with Crippen LogP contribution in [-0.2, 0) is 21.4 Å². The van der Waals surface area contributed by atoms with Gasteiger partial charge in [-0.3, -0.25) is 0 Å². The number of benzene rings is 1. The van der Waals surface area contributed by atoms with Gasteiger partial charge in [0.25, 0.3) is 0 Å². The van der Waals surface area contributed by atoms with Crippen LogP contribution in [0.2, 0.25) is 0 Å². The van der Waals surface area contributed by atoms with Crippen molar-refractivity contribution in [1.82, 2.24) is 4.72 Å². The Balaban J connectivity index is 2.08. The first-order valence-electron chi connectivity index (χ1n) is 6.98. The first kappa shape index (κ1) is 16.9. The maximum atomic E-state index is 12.4. The second-order valence-corrected chi connectivity index (χ2v) is 7.73. The molecule has 1 aliphatic heterocycles. The molecule has 1 saturated heterocycles. The van der Waals surface area contributed by atoms with Crippen LogP contribution in [0.5, 0.6) is 0 Å². The molecule has 2 N–H and O–H groups in total. The molecule has 0 bridgehead atoms. The summed E-state index contributed by atoms with van der Waals surface area (Å²) in [5.74, 6) is 0.222. The molecule has 1 aromatic rings. The maximum absolute atomic E-state index is 12.4. The van der Waals surface area contributed by atoms with E-state index in [-0.39, 0.29) is 23.5 Å². The maximum Gasteiger partial charge on any atom is 0.241 e. The van der Waals surface area contributed by atoms with Gasteiger partial charge in [-0.25, -0.2) is 13.1 Å². The van der Waals surface area contributed by atoms with Crippen LogP contribution >= 0.6 is 15.9 Å². The molecule has 1 aromatic carbocycles. The number of halogens is 1. The predicted molar refractivity (Wildman–Crippen MR) is 83.4 cm³/mol. The Hall–Kier alpha value is -0.470. The number of nitrogens with one attached hydrogen (secondary N) is 1. The smallest absolute Gasteiger partial charge is 0.241 e. The lowest BCUT2D eigenvalue weighted by Gasteiger charge is -2.17. The molecule has 0 aliphatic carbocycles. The molecule has 0 aromatic heterocycles. The van der Waals surface area contributed by atoms with E-state index < -0.39 is 10.0 Å². The van der Waals surface area contributed by atoms with E-state index in [4.69, 9.17) is 9.84 Å². The highest BCUT2D eigenvalue weighted by molar-refractivity contribution is 9.10. The van der Waals surface area contributed by atoms with Gasteiger partial charge < -0.3 is 9.84 Å². The molecule has 5 nitrogen and oxygen atoms in total. The molecule has 0 saturated carbocycles. The van der Waals surface area contributed by atoms with E-state index in [2.05, 4.69) is 20.7 Å². The van der Waals surface area contributed by atoms with Gasteiger partial charge in [-0.15, -0.1) is 0 Å². The Bertz CT molecular complexity index is 591. The van der Waals surface area contributed by atoms with Crippen LogP contribution < -0.4 is 4.72 Å². The summed E-state index contributed by atoms with van der Waals surface area (Å²) in [6.45, 7) is 3.00. The lowest BCUT2D eigenvalue weighted by molar-refractivity contribution is 0.0884. The fourth-order valence-corrected chi connectivity index (χ4v) is 4.75. The van der Waals surface area contributed by atoms with Crippen LogP contribution in [0.4, 0.5) is 0 Å². The fraction of sp³-hybridized carbons (Fsp3) is 0.571. The lowest BCUT2D eigenvalue weighted by atomic mass is 10.0. The Morgan fingerprint density at radius 3 is 2.86 bits per heavy atom. The topological polar surface area (TPSA) is 75.6 Å². The van der Waals surface area contributed by atoms with Gasteiger partial charge in [0.05, 0.1) is 17.6 Å². The van der Waals surface area contributed by atoms with Crippen LogP contribution in [0.25, 0.3) is 0 Å². The summed E-state index contributed by atoms with van der Waals surface area (Å²) in [7, 11) is -3.57. The van der Waals surface area contributed by atoms with Crippen LogP contribution in [0.1, 0.15) is 25.3 Å². The van der Waals surface area contributed by atoms with E-state index in [1.165, 1.54) is 6.07 Å². The van der Waals surface area contributed by atoms with E-state index in [1.807, 2.05) is 6.92 Å². The van der Waals surface area contributed by atoms with E-state index in [1.54, 1.807) is 12.1 Å². The van der Waals surface area contributed by atoms with Crippen molar-refractivity contribution in [1.29, 1.82) is 0 Å². The minimum atomic E-state index is -3.57. The summed E-state index contributed by atoms with van der Waals surface area (Å²) in [4.78, 5) is 0.187. The molecule has 1 aliphatic rings. The SMILES string of the molecule is CCC1OCCC1CNS(=O)(=O)c1ccc(CO)cc1Br. The lowest BCUT2D eigenvalue weighted by Crippen LogP contribution is -2.32. The number of rotatable bonds is 6. The second kappa shape index (κ2) is 7.19. The van der Waals surface area contributed by atoms with Crippen molar-refractivity contribution in [2.45, 2.75) is 37.4 Å². The van der Waals surface area contributed by atoms with Gasteiger partial charge in [0.15, 0.2) is 0 Å². The Labute approximate surface area is 133 Å². The monoisotopic (exact) mass is 377 g/mol. The van der Waals surface area contributed by atoms with Gasteiger partial charge in [-0.1, -0.05) is 13.0 Å². The van der Waals surface area contributed by atoms with Crippen LogP contribution in [0.15, 0.2) is 27.6 Å². The minimum Gasteiger partial charge on any atom is -0.392 e.